The van der Waals surface area contributed by atoms with Crippen LogP contribution < -0.4 is 0 Å². The number of aliphatic hydroxyl groups is 1. The highest BCUT2D eigenvalue weighted by Crippen LogP contribution is 2.34. The van der Waals surface area contributed by atoms with Crippen LogP contribution in [0.15, 0.2) is 78.9 Å². The Labute approximate surface area is 190 Å². The lowest BCUT2D eigenvalue weighted by Gasteiger charge is -2.31. The lowest BCUT2D eigenvalue weighted by atomic mass is 9.89. The topological polar surface area (TPSA) is 40.5 Å². The van der Waals surface area contributed by atoms with E-state index in [2.05, 4.69) is 30.3 Å². The molecule has 4 rings (SSSR count). The van der Waals surface area contributed by atoms with Crippen molar-refractivity contribution in [1.82, 2.24) is 4.90 Å². The van der Waals surface area contributed by atoms with E-state index in [9.17, 15) is 9.90 Å². The van der Waals surface area contributed by atoms with Crippen molar-refractivity contribution < 1.29 is 9.90 Å². The number of rotatable bonds is 6. The van der Waals surface area contributed by atoms with Crippen LogP contribution >= 0.6 is 0 Å². The Bertz CT molecular complexity index is 1200. The van der Waals surface area contributed by atoms with Gasteiger partial charge in [0.2, 0.25) is 0 Å². The molecule has 0 saturated carbocycles. The molecule has 0 aliphatic carbocycles. The van der Waals surface area contributed by atoms with E-state index >= 15 is 0 Å². The molecule has 0 aliphatic rings. The number of aliphatic hydroxyl groups excluding tert-OH is 1. The van der Waals surface area contributed by atoms with E-state index in [1.165, 1.54) is 0 Å². The molecular formula is C29H31NO2. The summed E-state index contributed by atoms with van der Waals surface area (Å²) in [6.45, 7) is 8.16. The Kier molecular flexibility index (Phi) is 6.29. The average Bonchev–Trinajstić information content (AvgIpc) is 2.77. The number of carbonyl (C=O) groups is 1. The van der Waals surface area contributed by atoms with Crippen LogP contribution in [0.4, 0.5) is 0 Å². The zero-order valence-corrected chi connectivity index (χ0v) is 19.2. The summed E-state index contributed by atoms with van der Waals surface area (Å²) in [4.78, 5) is 15.3. The van der Waals surface area contributed by atoms with Crippen molar-refractivity contribution in [2.24, 2.45) is 0 Å². The Hall–Kier alpha value is -3.17. The third-order valence-corrected chi connectivity index (χ3v) is 6.15. The molecular weight excluding hydrogens is 394 g/mol. The zero-order valence-electron chi connectivity index (χ0n) is 19.2. The van der Waals surface area contributed by atoms with Crippen LogP contribution in [0.3, 0.4) is 0 Å². The Morgan fingerprint density at radius 3 is 1.84 bits per heavy atom. The van der Waals surface area contributed by atoms with Gasteiger partial charge in [-0.1, -0.05) is 66.7 Å². The van der Waals surface area contributed by atoms with Crippen LogP contribution in [0.25, 0.3) is 21.5 Å². The highest BCUT2D eigenvalue weighted by Gasteiger charge is 2.25. The standard InChI is InChI=1S/C29H31NO2/c1-19(2)30(20(3)4)29(32)26-16-10-7-13-23(26)18-27(31)28-24-14-8-5-11-21(24)17-22-12-6-9-15-25(22)28/h5-17,19-20,27,31H,18H2,1-4H3. The van der Waals surface area contributed by atoms with Crippen LogP contribution in [0.1, 0.15) is 55.3 Å². The molecule has 3 heteroatoms. The smallest absolute Gasteiger partial charge is 0.254 e. The summed E-state index contributed by atoms with van der Waals surface area (Å²) < 4.78 is 0. The number of hydrogen-bond acceptors (Lipinski definition) is 2. The summed E-state index contributed by atoms with van der Waals surface area (Å²) in [5.41, 5.74) is 2.46. The van der Waals surface area contributed by atoms with Gasteiger partial charge >= 0.3 is 0 Å². The molecule has 4 aromatic carbocycles. The number of nitrogens with zero attached hydrogens (tertiary/aromatic N) is 1. The molecule has 164 valence electrons. The fourth-order valence-corrected chi connectivity index (χ4v) is 4.83. The Balaban J connectivity index is 1.79. The average molecular weight is 426 g/mol. The zero-order chi connectivity index (χ0) is 22.8. The molecule has 0 aromatic heterocycles. The molecule has 0 bridgehead atoms. The number of carbonyl (C=O) groups excluding carboxylic acids is 1. The van der Waals surface area contributed by atoms with Crippen molar-refractivity contribution in [2.45, 2.75) is 52.3 Å². The van der Waals surface area contributed by atoms with E-state index < -0.39 is 6.10 Å². The highest BCUT2D eigenvalue weighted by molar-refractivity contribution is 6.02. The van der Waals surface area contributed by atoms with Gasteiger partial charge in [-0.15, -0.1) is 0 Å². The van der Waals surface area contributed by atoms with Crippen molar-refractivity contribution in [3.8, 4) is 0 Å². The van der Waals surface area contributed by atoms with Crippen molar-refractivity contribution in [2.75, 3.05) is 0 Å². The molecule has 3 nitrogen and oxygen atoms in total. The van der Waals surface area contributed by atoms with Crippen molar-refractivity contribution >= 4 is 27.5 Å². The molecule has 0 heterocycles. The molecule has 0 aliphatic heterocycles. The van der Waals surface area contributed by atoms with Crippen LogP contribution in [0, 0.1) is 0 Å². The fraction of sp³-hybridized carbons (Fsp3) is 0.276. The third-order valence-electron chi connectivity index (χ3n) is 6.15. The summed E-state index contributed by atoms with van der Waals surface area (Å²) in [7, 11) is 0. The van der Waals surface area contributed by atoms with Crippen LogP contribution in [-0.4, -0.2) is 28.0 Å². The van der Waals surface area contributed by atoms with Gasteiger partial charge in [0.05, 0.1) is 6.10 Å². The van der Waals surface area contributed by atoms with Gasteiger partial charge in [0.15, 0.2) is 0 Å². The van der Waals surface area contributed by atoms with Crippen molar-refractivity contribution in [3.05, 3.63) is 95.6 Å². The van der Waals surface area contributed by atoms with E-state index in [-0.39, 0.29) is 18.0 Å². The van der Waals surface area contributed by atoms with E-state index in [4.69, 9.17) is 0 Å². The minimum atomic E-state index is -0.730. The predicted molar refractivity (Wildman–Crippen MR) is 133 cm³/mol. The first-order valence-electron chi connectivity index (χ1n) is 11.4. The number of benzene rings is 4. The maximum absolute atomic E-state index is 13.4. The first kappa shape index (κ1) is 22.0. The molecule has 1 unspecified atom stereocenters. The predicted octanol–water partition coefficient (Wildman–Crippen LogP) is 6.53. The first-order chi connectivity index (χ1) is 15.4. The summed E-state index contributed by atoms with van der Waals surface area (Å²) in [5.74, 6) is 0.0144. The first-order valence-corrected chi connectivity index (χ1v) is 11.4. The molecule has 4 aromatic rings. The molecule has 0 saturated heterocycles. The molecule has 0 spiro atoms. The van der Waals surface area contributed by atoms with E-state index in [1.54, 1.807) is 0 Å². The largest absolute Gasteiger partial charge is 0.388 e. The third kappa shape index (κ3) is 4.13. The number of amides is 1. The monoisotopic (exact) mass is 425 g/mol. The fourth-order valence-electron chi connectivity index (χ4n) is 4.83. The second kappa shape index (κ2) is 9.13. The Morgan fingerprint density at radius 2 is 1.28 bits per heavy atom. The number of hydrogen-bond donors (Lipinski definition) is 1. The van der Waals surface area contributed by atoms with Gasteiger partial charge < -0.3 is 10.0 Å². The van der Waals surface area contributed by atoms with Gasteiger partial charge in [0.1, 0.15) is 0 Å². The maximum Gasteiger partial charge on any atom is 0.254 e. The highest BCUT2D eigenvalue weighted by atomic mass is 16.3. The minimum absolute atomic E-state index is 0.0144. The molecule has 1 amide bonds. The van der Waals surface area contributed by atoms with Gasteiger partial charge in [0, 0.05) is 24.1 Å². The second-order valence-corrected chi connectivity index (χ2v) is 9.01. The van der Waals surface area contributed by atoms with Crippen LogP contribution in [-0.2, 0) is 6.42 Å². The van der Waals surface area contributed by atoms with Gasteiger partial charge in [0.25, 0.3) is 5.91 Å². The minimum Gasteiger partial charge on any atom is -0.388 e. The maximum atomic E-state index is 13.4. The van der Waals surface area contributed by atoms with Gasteiger partial charge in [-0.05, 0) is 72.5 Å². The van der Waals surface area contributed by atoms with E-state index in [0.29, 0.717) is 12.0 Å². The summed E-state index contributed by atoms with van der Waals surface area (Å²) in [5, 5.41) is 15.8. The lowest BCUT2D eigenvalue weighted by Crippen LogP contribution is -2.42. The Morgan fingerprint density at radius 1 is 0.781 bits per heavy atom. The molecule has 1 atom stereocenters. The normalized spacial score (nSPS) is 12.6. The van der Waals surface area contributed by atoms with Gasteiger partial charge in [-0.2, -0.15) is 0 Å². The summed E-state index contributed by atoms with van der Waals surface area (Å²) in [6, 6.07) is 26.4. The molecule has 32 heavy (non-hydrogen) atoms. The van der Waals surface area contributed by atoms with E-state index in [0.717, 1.165) is 32.7 Å². The van der Waals surface area contributed by atoms with Gasteiger partial charge in [-0.25, -0.2) is 0 Å². The molecule has 0 radical (unpaired) electrons. The molecule has 1 N–H and O–H groups in total. The van der Waals surface area contributed by atoms with Crippen LogP contribution in [0.5, 0.6) is 0 Å². The van der Waals surface area contributed by atoms with E-state index in [1.807, 2.05) is 81.1 Å². The summed E-state index contributed by atoms with van der Waals surface area (Å²) >= 11 is 0. The molecule has 0 fully saturated rings. The van der Waals surface area contributed by atoms with Crippen molar-refractivity contribution in [3.63, 3.8) is 0 Å². The lowest BCUT2D eigenvalue weighted by molar-refractivity contribution is 0.0641. The SMILES string of the molecule is CC(C)N(C(=O)c1ccccc1CC(O)c1c2ccccc2cc2ccccc12)C(C)C. The number of fused-ring (bicyclic) bond motifs is 2. The summed E-state index contributed by atoms with van der Waals surface area (Å²) in [6.07, 6.45) is -0.351. The van der Waals surface area contributed by atoms with Crippen LogP contribution in [0.2, 0.25) is 0 Å². The quantitative estimate of drug-likeness (QED) is 0.357. The van der Waals surface area contributed by atoms with Crippen molar-refractivity contribution in [1.29, 1.82) is 0 Å². The second-order valence-electron chi connectivity index (χ2n) is 9.01. The van der Waals surface area contributed by atoms with Gasteiger partial charge in [-0.3, -0.25) is 4.79 Å².